The number of nitrogens with zero attached hydrogens (tertiary/aromatic N) is 2. The average molecular weight is 336 g/mol. The third-order valence-electron chi connectivity index (χ3n) is 3.45. The summed E-state index contributed by atoms with van der Waals surface area (Å²) >= 11 is 0. The molecule has 1 heterocycles. The molecule has 1 atom stereocenters. The minimum Gasteiger partial charge on any atom is -0.348 e. The van der Waals surface area contributed by atoms with Crippen LogP contribution in [0.25, 0.3) is 0 Å². The number of amides is 1. The van der Waals surface area contributed by atoms with E-state index in [0.29, 0.717) is 17.7 Å². The number of aromatic nitrogens is 2. The van der Waals surface area contributed by atoms with Gasteiger partial charge < -0.3 is 9.88 Å². The second kappa shape index (κ2) is 6.93. The summed E-state index contributed by atoms with van der Waals surface area (Å²) in [7, 11) is -2.25. The van der Waals surface area contributed by atoms with Crippen molar-refractivity contribution in [2.24, 2.45) is 0 Å². The van der Waals surface area contributed by atoms with Crippen LogP contribution in [0.5, 0.6) is 0 Å². The number of hydrogen-bond donors (Lipinski definition) is 2. The molecule has 0 fully saturated rings. The Kier molecular flexibility index (Phi) is 5.17. The predicted octanol–water partition coefficient (Wildman–Crippen LogP) is 0.918. The molecule has 8 heteroatoms. The zero-order valence-electron chi connectivity index (χ0n) is 13.3. The van der Waals surface area contributed by atoms with Gasteiger partial charge in [-0.1, -0.05) is 6.07 Å². The molecule has 0 unspecified atom stereocenters. The molecule has 1 amide bonds. The van der Waals surface area contributed by atoms with Crippen LogP contribution in [0.3, 0.4) is 0 Å². The second-order valence-electron chi connectivity index (χ2n) is 5.32. The number of nitrogens with one attached hydrogen (secondary N) is 2. The number of rotatable bonds is 6. The van der Waals surface area contributed by atoms with Crippen LogP contribution in [0.15, 0.2) is 41.8 Å². The molecule has 124 valence electrons. The topological polar surface area (TPSA) is 93.1 Å². The first-order valence-corrected chi connectivity index (χ1v) is 8.62. The zero-order valence-corrected chi connectivity index (χ0v) is 14.1. The molecule has 0 spiro atoms. The number of hydrogen-bond acceptors (Lipinski definition) is 4. The molecular weight excluding hydrogens is 316 g/mol. The highest BCUT2D eigenvalue weighted by Crippen LogP contribution is 2.15. The van der Waals surface area contributed by atoms with E-state index < -0.39 is 10.0 Å². The fourth-order valence-corrected chi connectivity index (χ4v) is 2.94. The van der Waals surface area contributed by atoms with Gasteiger partial charge in [0.05, 0.1) is 11.2 Å². The Morgan fingerprint density at radius 3 is 2.74 bits per heavy atom. The van der Waals surface area contributed by atoms with E-state index in [-0.39, 0.29) is 16.8 Å². The van der Waals surface area contributed by atoms with Crippen molar-refractivity contribution < 1.29 is 13.2 Å². The molecule has 2 aromatic rings. The van der Waals surface area contributed by atoms with Gasteiger partial charge in [-0.3, -0.25) is 4.79 Å². The SMILES string of the molecule is CNS(=O)(=O)c1ccc(C)c(C(=O)N[C@@H](C)Cn2ccnc2)c1. The molecule has 0 bridgehead atoms. The van der Waals surface area contributed by atoms with E-state index in [4.69, 9.17) is 0 Å². The van der Waals surface area contributed by atoms with E-state index in [1.54, 1.807) is 25.5 Å². The van der Waals surface area contributed by atoms with Crippen molar-refractivity contribution in [3.05, 3.63) is 48.0 Å². The highest BCUT2D eigenvalue weighted by Gasteiger charge is 2.17. The van der Waals surface area contributed by atoms with Gasteiger partial charge in [0.2, 0.25) is 10.0 Å². The second-order valence-corrected chi connectivity index (χ2v) is 7.20. The Balaban J connectivity index is 2.17. The Bertz CT molecular complexity index is 785. The monoisotopic (exact) mass is 336 g/mol. The van der Waals surface area contributed by atoms with Gasteiger partial charge in [0.25, 0.3) is 5.91 Å². The maximum Gasteiger partial charge on any atom is 0.251 e. The quantitative estimate of drug-likeness (QED) is 0.820. The van der Waals surface area contributed by atoms with Crippen LogP contribution in [-0.4, -0.2) is 37.0 Å². The van der Waals surface area contributed by atoms with Gasteiger partial charge in [-0.15, -0.1) is 0 Å². The molecular formula is C15H20N4O3S. The number of carbonyl (C=O) groups is 1. The molecule has 7 nitrogen and oxygen atoms in total. The van der Waals surface area contributed by atoms with E-state index in [1.165, 1.54) is 19.2 Å². The van der Waals surface area contributed by atoms with Crippen LogP contribution in [-0.2, 0) is 16.6 Å². The molecule has 0 aliphatic carbocycles. The van der Waals surface area contributed by atoms with Crippen LogP contribution in [0, 0.1) is 6.92 Å². The predicted molar refractivity (Wildman–Crippen MR) is 86.6 cm³/mol. The number of benzene rings is 1. The lowest BCUT2D eigenvalue weighted by molar-refractivity contribution is 0.0936. The van der Waals surface area contributed by atoms with Crippen LogP contribution in [0.4, 0.5) is 0 Å². The fraction of sp³-hybridized carbons (Fsp3) is 0.333. The van der Waals surface area contributed by atoms with Crippen molar-refractivity contribution in [1.29, 1.82) is 0 Å². The molecule has 0 aliphatic heterocycles. The molecule has 1 aromatic carbocycles. The van der Waals surface area contributed by atoms with Gasteiger partial charge in [0, 0.05) is 30.5 Å². The lowest BCUT2D eigenvalue weighted by Gasteiger charge is -2.16. The number of imidazole rings is 1. The van der Waals surface area contributed by atoms with Crippen LogP contribution in [0.1, 0.15) is 22.8 Å². The minimum absolute atomic E-state index is 0.0676. The summed E-state index contributed by atoms with van der Waals surface area (Å²) in [6, 6.07) is 4.37. The summed E-state index contributed by atoms with van der Waals surface area (Å²) in [5.74, 6) is -0.303. The van der Waals surface area contributed by atoms with Crippen molar-refractivity contribution in [3.63, 3.8) is 0 Å². The normalized spacial score (nSPS) is 12.8. The number of carbonyl (C=O) groups excluding carboxylic acids is 1. The summed E-state index contributed by atoms with van der Waals surface area (Å²) in [6.07, 6.45) is 5.16. The van der Waals surface area contributed by atoms with Crippen LogP contribution >= 0.6 is 0 Å². The van der Waals surface area contributed by atoms with E-state index in [0.717, 1.165) is 0 Å². The minimum atomic E-state index is -3.58. The van der Waals surface area contributed by atoms with Gasteiger partial charge in [0.15, 0.2) is 0 Å². The Labute approximate surface area is 135 Å². The molecule has 2 rings (SSSR count). The first kappa shape index (κ1) is 17.2. The molecule has 1 aromatic heterocycles. The molecule has 23 heavy (non-hydrogen) atoms. The van der Waals surface area contributed by atoms with Crippen LogP contribution in [0.2, 0.25) is 0 Å². The summed E-state index contributed by atoms with van der Waals surface area (Å²) in [5.41, 5.74) is 1.06. The van der Waals surface area contributed by atoms with E-state index in [1.807, 2.05) is 17.7 Å². The van der Waals surface area contributed by atoms with Gasteiger partial charge in [-0.05, 0) is 38.6 Å². The van der Waals surface area contributed by atoms with E-state index in [2.05, 4.69) is 15.0 Å². The third-order valence-corrected chi connectivity index (χ3v) is 4.87. The summed E-state index contributed by atoms with van der Waals surface area (Å²) in [4.78, 5) is 16.4. The first-order valence-electron chi connectivity index (χ1n) is 7.14. The lowest BCUT2D eigenvalue weighted by atomic mass is 10.1. The van der Waals surface area contributed by atoms with E-state index >= 15 is 0 Å². The highest BCUT2D eigenvalue weighted by atomic mass is 32.2. The van der Waals surface area contributed by atoms with Crippen molar-refractivity contribution >= 4 is 15.9 Å². The smallest absolute Gasteiger partial charge is 0.251 e. The fourth-order valence-electron chi connectivity index (χ4n) is 2.19. The maximum absolute atomic E-state index is 12.4. The molecule has 2 N–H and O–H groups in total. The Hall–Kier alpha value is -2.19. The average Bonchev–Trinajstić information content (AvgIpc) is 3.00. The van der Waals surface area contributed by atoms with Gasteiger partial charge >= 0.3 is 0 Å². The van der Waals surface area contributed by atoms with Gasteiger partial charge in [-0.25, -0.2) is 18.1 Å². The third kappa shape index (κ3) is 4.17. The van der Waals surface area contributed by atoms with Crippen molar-refractivity contribution in [2.45, 2.75) is 31.3 Å². The summed E-state index contributed by atoms with van der Waals surface area (Å²) in [5, 5.41) is 2.87. The Morgan fingerprint density at radius 1 is 1.39 bits per heavy atom. The zero-order chi connectivity index (χ0) is 17.0. The maximum atomic E-state index is 12.4. The van der Waals surface area contributed by atoms with Gasteiger partial charge in [-0.2, -0.15) is 0 Å². The number of aryl methyl sites for hydroxylation is 1. The largest absolute Gasteiger partial charge is 0.348 e. The highest BCUT2D eigenvalue weighted by molar-refractivity contribution is 7.89. The molecule has 0 radical (unpaired) electrons. The van der Waals surface area contributed by atoms with Gasteiger partial charge in [0.1, 0.15) is 0 Å². The molecule has 0 saturated carbocycles. The van der Waals surface area contributed by atoms with Crippen molar-refractivity contribution in [3.8, 4) is 0 Å². The standard InChI is InChI=1S/C15H20N4O3S/c1-11-4-5-13(23(21,22)16-3)8-14(11)15(20)18-12(2)9-19-7-6-17-10-19/h4-8,10,12,16H,9H2,1-3H3,(H,18,20)/t12-/m0/s1. The lowest BCUT2D eigenvalue weighted by Crippen LogP contribution is -2.36. The van der Waals surface area contributed by atoms with E-state index in [9.17, 15) is 13.2 Å². The van der Waals surface area contributed by atoms with Crippen molar-refractivity contribution in [1.82, 2.24) is 19.6 Å². The Morgan fingerprint density at radius 2 is 2.13 bits per heavy atom. The van der Waals surface area contributed by atoms with Crippen molar-refractivity contribution in [2.75, 3.05) is 7.05 Å². The summed E-state index contributed by atoms with van der Waals surface area (Å²) < 4.78 is 27.8. The first-order chi connectivity index (χ1) is 10.8. The number of sulfonamides is 1. The van der Waals surface area contributed by atoms with Crippen LogP contribution < -0.4 is 10.0 Å². The molecule has 0 aliphatic rings. The molecule has 0 saturated heterocycles. The summed E-state index contributed by atoms with van der Waals surface area (Å²) in [6.45, 7) is 4.23.